The summed E-state index contributed by atoms with van der Waals surface area (Å²) in [5, 5.41) is 6.82. The Balaban J connectivity index is 1.74. The summed E-state index contributed by atoms with van der Waals surface area (Å²) in [6.07, 6.45) is 3.27. The second-order valence-electron chi connectivity index (χ2n) is 5.18. The summed E-state index contributed by atoms with van der Waals surface area (Å²) < 4.78 is 10.6. The van der Waals surface area contributed by atoms with Gasteiger partial charge in [0.1, 0.15) is 0 Å². The second kappa shape index (κ2) is 6.45. The molecular weight excluding hydrogens is 284 g/mol. The van der Waals surface area contributed by atoms with Gasteiger partial charge < -0.3 is 14.8 Å². The van der Waals surface area contributed by atoms with Gasteiger partial charge in [0.15, 0.2) is 11.5 Å². The fraction of sp³-hybridized carbons (Fsp3) is 0.438. The molecule has 1 aromatic heterocycles. The maximum Gasteiger partial charge on any atom is 0.160 e. The molecule has 1 aromatic carbocycles. The summed E-state index contributed by atoms with van der Waals surface area (Å²) in [7, 11) is 3.31. The lowest BCUT2D eigenvalue weighted by Gasteiger charge is -2.09. The standard InChI is InChI=1S/C16H20N2O2S/c1-19-14-6-5-11(8-15(14)20-2)9-16-18-13(10-21-16)12-4-3-7-17-12/h5-6,8,10,12,17H,3-4,7,9H2,1-2H3. The summed E-state index contributed by atoms with van der Waals surface area (Å²) in [6, 6.07) is 6.48. The van der Waals surface area contributed by atoms with E-state index in [0.717, 1.165) is 29.5 Å². The average Bonchev–Trinajstić information content (AvgIpc) is 3.17. The van der Waals surface area contributed by atoms with Crippen LogP contribution in [0, 0.1) is 0 Å². The molecule has 0 aliphatic carbocycles. The van der Waals surface area contributed by atoms with Gasteiger partial charge in [-0.1, -0.05) is 6.07 Å². The van der Waals surface area contributed by atoms with Gasteiger partial charge in [0.25, 0.3) is 0 Å². The highest BCUT2D eigenvalue weighted by Gasteiger charge is 2.19. The van der Waals surface area contributed by atoms with Crippen molar-refractivity contribution in [3.8, 4) is 11.5 Å². The van der Waals surface area contributed by atoms with Crippen molar-refractivity contribution in [1.82, 2.24) is 10.3 Å². The van der Waals surface area contributed by atoms with E-state index in [0.29, 0.717) is 6.04 Å². The molecular formula is C16H20N2O2S. The van der Waals surface area contributed by atoms with Gasteiger partial charge in [-0.2, -0.15) is 0 Å². The Morgan fingerprint density at radius 2 is 2.14 bits per heavy atom. The summed E-state index contributed by atoms with van der Waals surface area (Å²) >= 11 is 1.73. The van der Waals surface area contributed by atoms with Crippen molar-refractivity contribution in [1.29, 1.82) is 0 Å². The number of benzene rings is 1. The van der Waals surface area contributed by atoms with E-state index < -0.39 is 0 Å². The maximum absolute atomic E-state index is 5.35. The van der Waals surface area contributed by atoms with E-state index in [1.807, 2.05) is 12.1 Å². The van der Waals surface area contributed by atoms with Crippen LogP contribution in [0.4, 0.5) is 0 Å². The van der Waals surface area contributed by atoms with Gasteiger partial charge in [-0.25, -0.2) is 4.98 Å². The highest BCUT2D eigenvalue weighted by Crippen LogP contribution is 2.30. The molecule has 0 amide bonds. The maximum atomic E-state index is 5.35. The smallest absolute Gasteiger partial charge is 0.160 e. The van der Waals surface area contributed by atoms with Crippen molar-refractivity contribution in [2.24, 2.45) is 0 Å². The molecule has 21 heavy (non-hydrogen) atoms. The van der Waals surface area contributed by atoms with Gasteiger partial charge in [-0.05, 0) is 37.1 Å². The molecule has 1 N–H and O–H groups in total. The van der Waals surface area contributed by atoms with E-state index in [9.17, 15) is 0 Å². The number of thiazole rings is 1. The fourth-order valence-electron chi connectivity index (χ4n) is 2.67. The molecule has 0 radical (unpaired) electrons. The van der Waals surface area contributed by atoms with Crippen molar-refractivity contribution in [3.63, 3.8) is 0 Å². The molecule has 0 spiro atoms. The Morgan fingerprint density at radius 1 is 1.29 bits per heavy atom. The number of rotatable bonds is 5. The Bertz CT molecular complexity index is 606. The van der Waals surface area contributed by atoms with Crippen LogP contribution in [0.3, 0.4) is 0 Å². The molecule has 4 nitrogen and oxygen atoms in total. The molecule has 0 bridgehead atoms. The van der Waals surface area contributed by atoms with Crippen LogP contribution in [-0.4, -0.2) is 25.7 Å². The zero-order chi connectivity index (χ0) is 14.7. The first kappa shape index (κ1) is 14.4. The van der Waals surface area contributed by atoms with Crippen molar-refractivity contribution >= 4 is 11.3 Å². The first-order valence-corrected chi connectivity index (χ1v) is 8.06. The predicted octanol–water partition coefficient (Wildman–Crippen LogP) is 3.18. The topological polar surface area (TPSA) is 43.4 Å². The third-order valence-corrected chi connectivity index (χ3v) is 4.66. The van der Waals surface area contributed by atoms with Crippen LogP contribution in [-0.2, 0) is 6.42 Å². The van der Waals surface area contributed by atoms with E-state index >= 15 is 0 Å². The fourth-order valence-corrected chi connectivity index (χ4v) is 3.55. The molecule has 1 aliphatic heterocycles. The summed E-state index contributed by atoms with van der Waals surface area (Å²) in [5.74, 6) is 1.53. The molecule has 112 valence electrons. The van der Waals surface area contributed by atoms with Crippen LogP contribution in [0.1, 0.15) is 35.1 Å². The van der Waals surface area contributed by atoms with Crippen molar-refractivity contribution in [3.05, 3.63) is 39.8 Å². The van der Waals surface area contributed by atoms with Gasteiger partial charge in [0.2, 0.25) is 0 Å². The first-order chi connectivity index (χ1) is 10.3. The summed E-state index contributed by atoms with van der Waals surface area (Å²) in [4.78, 5) is 4.77. The SMILES string of the molecule is COc1ccc(Cc2nc(C3CCCN3)cs2)cc1OC. The van der Waals surface area contributed by atoms with Gasteiger partial charge in [0, 0.05) is 11.8 Å². The number of methoxy groups -OCH3 is 2. The van der Waals surface area contributed by atoms with Crippen LogP contribution in [0.15, 0.2) is 23.6 Å². The lowest BCUT2D eigenvalue weighted by molar-refractivity contribution is 0.354. The van der Waals surface area contributed by atoms with Crippen molar-refractivity contribution < 1.29 is 9.47 Å². The Hall–Kier alpha value is -1.59. The number of nitrogens with zero attached hydrogens (tertiary/aromatic N) is 1. The van der Waals surface area contributed by atoms with E-state index in [2.05, 4.69) is 16.8 Å². The van der Waals surface area contributed by atoms with Gasteiger partial charge in [-0.3, -0.25) is 0 Å². The minimum atomic E-state index is 0.445. The molecule has 2 aromatic rings. The number of hydrogen-bond acceptors (Lipinski definition) is 5. The first-order valence-electron chi connectivity index (χ1n) is 7.18. The molecule has 3 rings (SSSR count). The highest BCUT2D eigenvalue weighted by atomic mass is 32.1. The zero-order valence-corrected chi connectivity index (χ0v) is 13.2. The van der Waals surface area contributed by atoms with Crippen LogP contribution in [0.2, 0.25) is 0 Å². The molecule has 1 saturated heterocycles. The quantitative estimate of drug-likeness (QED) is 0.921. The minimum absolute atomic E-state index is 0.445. The zero-order valence-electron chi connectivity index (χ0n) is 12.4. The number of aromatic nitrogens is 1. The van der Waals surface area contributed by atoms with Crippen molar-refractivity contribution in [2.75, 3.05) is 20.8 Å². The lowest BCUT2D eigenvalue weighted by atomic mass is 10.1. The van der Waals surface area contributed by atoms with Crippen LogP contribution in [0.25, 0.3) is 0 Å². The van der Waals surface area contributed by atoms with E-state index in [4.69, 9.17) is 14.5 Å². The van der Waals surface area contributed by atoms with Crippen molar-refractivity contribution in [2.45, 2.75) is 25.3 Å². The Morgan fingerprint density at radius 3 is 2.86 bits per heavy atom. The molecule has 0 saturated carbocycles. The lowest BCUT2D eigenvalue weighted by Crippen LogP contribution is -2.13. The number of nitrogens with one attached hydrogen (secondary N) is 1. The third kappa shape index (κ3) is 3.19. The van der Waals surface area contributed by atoms with Crippen LogP contribution >= 0.6 is 11.3 Å². The highest BCUT2D eigenvalue weighted by molar-refractivity contribution is 7.09. The minimum Gasteiger partial charge on any atom is -0.493 e. The third-order valence-electron chi connectivity index (χ3n) is 3.79. The Kier molecular flexibility index (Phi) is 4.41. The van der Waals surface area contributed by atoms with E-state index in [1.54, 1.807) is 25.6 Å². The van der Waals surface area contributed by atoms with Crippen LogP contribution < -0.4 is 14.8 Å². The predicted molar refractivity (Wildman–Crippen MR) is 84.4 cm³/mol. The molecule has 1 aliphatic rings. The largest absolute Gasteiger partial charge is 0.493 e. The number of ether oxygens (including phenoxy) is 2. The summed E-state index contributed by atoms with van der Waals surface area (Å²) in [5.41, 5.74) is 2.38. The number of hydrogen-bond donors (Lipinski definition) is 1. The summed E-state index contributed by atoms with van der Waals surface area (Å²) in [6.45, 7) is 1.10. The van der Waals surface area contributed by atoms with Gasteiger partial charge in [0.05, 0.1) is 31.0 Å². The molecule has 2 heterocycles. The van der Waals surface area contributed by atoms with E-state index in [-0.39, 0.29) is 0 Å². The monoisotopic (exact) mass is 304 g/mol. The second-order valence-corrected chi connectivity index (χ2v) is 6.12. The molecule has 1 atom stereocenters. The molecule has 1 fully saturated rings. The average molecular weight is 304 g/mol. The van der Waals surface area contributed by atoms with Crippen LogP contribution in [0.5, 0.6) is 11.5 Å². The van der Waals surface area contributed by atoms with Gasteiger partial charge in [-0.15, -0.1) is 11.3 Å². The normalized spacial score (nSPS) is 17.9. The molecule has 1 unspecified atom stereocenters. The van der Waals surface area contributed by atoms with E-state index in [1.165, 1.54) is 24.1 Å². The van der Waals surface area contributed by atoms with Gasteiger partial charge >= 0.3 is 0 Å². The molecule has 5 heteroatoms. The Labute approximate surface area is 129 Å².